The van der Waals surface area contributed by atoms with E-state index in [0.717, 1.165) is 25.2 Å². The summed E-state index contributed by atoms with van der Waals surface area (Å²) in [7, 11) is 0. The molecule has 1 aromatic carbocycles. The smallest absolute Gasteiger partial charge is 0.233 e. The molecule has 0 unspecified atom stereocenters. The quantitative estimate of drug-likeness (QED) is 0.897. The number of nitrogens with one attached hydrogen (secondary N) is 1. The number of nitrogen functional groups attached to an aromatic ring is 1. The molecular weight excluding hydrogens is 264 g/mol. The molecule has 0 bridgehead atoms. The Labute approximate surface area is 124 Å². The van der Waals surface area contributed by atoms with Crippen molar-refractivity contribution in [2.45, 2.75) is 26.2 Å². The van der Waals surface area contributed by atoms with Crippen LogP contribution in [0.25, 0.3) is 0 Å². The molecule has 21 heavy (non-hydrogen) atoms. The third-order valence-electron chi connectivity index (χ3n) is 3.62. The van der Waals surface area contributed by atoms with Crippen LogP contribution in [0.15, 0.2) is 24.3 Å². The summed E-state index contributed by atoms with van der Waals surface area (Å²) in [5.41, 5.74) is 8.04. The second-order valence-electron chi connectivity index (χ2n) is 5.19. The van der Waals surface area contributed by atoms with Crippen LogP contribution in [0.5, 0.6) is 0 Å². The number of nitrogens with two attached hydrogens (primary N) is 1. The Morgan fingerprint density at radius 1 is 1.19 bits per heavy atom. The maximum absolute atomic E-state index is 5.81. The third kappa shape index (κ3) is 3.21. The van der Waals surface area contributed by atoms with E-state index in [1.54, 1.807) is 0 Å². The zero-order valence-electron chi connectivity index (χ0n) is 12.2. The Morgan fingerprint density at radius 3 is 2.76 bits per heavy atom. The van der Waals surface area contributed by atoms with Crippen molar-refractivity contribution in [3.63, 3.8) is 0 Å². The number of rotatable bonds is 4. The Morgan fingerprint density at radius 2 is 2.00 bits per heavy atom. The Kier molecular flexibility index (Phi) is 3.85. The molecule has 3 N–H and O–H groups in total. The highest BCUT2D eigenvalue weighted by atomic mass is 15.3. The summed E-state index contributed by atoms with van der Waals surface area (Å²) in [6, 6.07) is 8.21. The van der Waals surface area contributed by atoms with Crippen molar-refractivity contribution in [2.24, 2.45) is 0 Å². The zero-order chi connectivity index (χ0) is 14.7. The maximum Gasteiger partial charge on any atom is 0.233 e. The van der Waals surface area contributed by atoms with Gasteiger partial charge < -0.3 is 16.0 Å². The minimum absolute atomic E-state index is 0.251. The van der Waals surface area contributed by atoms with Crippen LogP contribution in [0.3, 0.4) is 0 Å². The van der Waals surface area contributed by atoms with Crippen molar-refractivity contribution in [3.8, 4) is 0 Å². The van der Waals surface area contributed by atoms with E-state index >= 15 is 0 Å². The van der Waals surface area contributed by atoms with Gasteiger partial charge in [0.1, 0.15) is 0 Å². The normalized spacial score (nSPS) is 14.4. The van der Waals surface area contributed by atoms with Crippen LogP contribution < -0.4 is 16.0 Å². The fraction of sp³-hybridized carbons (Fsp3) is 0.400. The summed E-state index contributed by atoms with van der Waals surface area (Å²) in [5, 5.41) is 3.21. The van der Waals surface area contributed by atoms with Gasteiger partial charge in [0.05, 0.1) is 0 Å². The molecule has 0 amide bonds. The molecule has 1 saturated heterocycles. The van der Waals surface area contributed by atoms with Crippen LogP contribution >= 0.6 is 0 Å². The second kappa shape index (κ2) is 5.95. The van der Waals surface area contributed by atoms with E-state index in [1.165, 1.54) is 18.4 Å². The van der Waals surface area contributed by atoms with Gasteiger partial charge in [-0.15, -0.1) is 0 Å². The molecular formula is C15H20N6. The predicted molar refractivity (Wildman–Crippen MR) is 84.8 cm³/mol. The molecule has 6 nitrogen and oxygen atoms in total. The van der Waals surface area contributed by atoms with Crippen LogP contribution in [0, 0.1) is 0 Å². The van der Waals surface area contributed by atoms with Crippen molar-refractivity contribution >= 4 is 23.5 Å². The molecule has 1 aliphatic heterocycles. The first-order valence-electron chi connectivity index (χ1n) is 7.37. The Bertz CT molecular complexity index is 621. The number of hydrogen-bond donors (Lipinski definition) is 2. The first kappa shape index (κ1) is 13.6. The minimum Gasteiger partial charge on any atom is -0.368 e. The molecule has 110 valence electrons. The lowest BCUT2D eigenvalue weighted by Crippen LogP contribution is -2.21. The van der Waals surface area contributed by atoms with E-state index in [-0.39, 0.29) is 5.95 Å². The van der Waals surface area contributed by atoms with Crippen LogP contribution in [0.4, 0.5) is 23.5 Å². The zero-order valence-corrected chi connectivity index (χ0v) is 12.2. The first-order valence-corrected chi connectivity index (χ1v) is 7.37. The molecule has 1 aromatic heterocycles. The summed E-state index contributed by atoms with van der Waals surface area (Å²) in [6.07, 6.45) is 3.34. The van der Waals surface area contributed by atoms with E-state index < -0.39 is 0 Å². The van der Waals surface area contributed by atoms with E-state index in [9.17, 15) is 0 Å². The molecule has 0 saturated carbocycles. The molecule has 0 atom stereocenters. The van der Waals surface area contributed by atoms with Gasteiger partial charge in [-0.1, -0.05) is 19.1 Å². The summed E-state index contributed by atoms with van der Waals surface area (Å²) >= 11 is 0. The number of nitrogens with zero attached hydrogens (tertiary/aromatic N) is 4. The molecule has 0 aliphatic carbocycles. The highest BCUT2D eigenvalue weighted by Gasteiger charge is 2.16. The first-order chi connectivity index (χ1) is 10.2. The van der Waals surface area contributed by atoms with E-state index in [4.69, 9.17) is 5.73 Å². The van der Waals surface area contributed by atoms with E-state index in [2.05, 4.69) is 44.2 Å². The minimum atomic E-state index is 0.251. The molecule has 3 rings (SSSR count). The van der Waals surface area contributed by atoms with Crippen molar-refractivity contribution < 1.29 is 0 Å². The predicted octanol–water partition coefficient (Wildman–Crippen LogP) is 2.36. The highest BCUT2D eigenvalue weighted by Crippen LogP contribution is 2.20. The van der Waals surface area contributed by atoms with Crippen molar-refractivity contribution in [1.29, 1.82) is 0 Å². The molecule has 2 aromatic rings. The number of hydrogen-bond acceptors (Lipinski definition) is 6. The average molecular weight is 284 g/mol. The lowest BCUT2D eigenvalue weighted by molar-refractivity contribution is 0.887. The van der Waals surface area contributed by atoms with Crippen molar-refractivity contribution in [2.75, 3.05) is 29.0 Å². The lowest BCUT2D eigenvalue weighted by Gasteiger charge is -2.16. The molecule has 6 heteroatoms. The fourth-order valence-corrected chi connectivity index (χ4v) is 2.49. The monoisotopic (exact) mass is 284 g/mol. The number of anilines is 4. The SMILES string of the molecule is CCc1cccc(Nc2nc(N)nc(N3CCCC3)n2)c1. The van der Waals surface area contributed by atoms with Crippen LogP contribution in [0.2, 0.25) is 0 Å². The van der Waals surface area contributed by atoms with E-state index in [0.29, 0.717) is 11.9 Å². The van der Waals surface area contributed by atoms with Crippen LogP contribution in [0.1, 0.15) is 25.3 Å². The average Bonchev–Trinajstić information content (AvgIpc) is 3.01. The van der Waals surface area contributed by atoms with Gasteiger partial charge >= 0.3 is 0 Å². The van der Waals surface area contributed by atoms with Crippen molar-refractivity contribution in [3.05, 3.63) is 29.8 Å². The Balaban J connectivity index is 1.84. The lowest BCUT2D eigenvalue weighted by atomic mass is 10.1. The van der Waals surface area contributed by atoms with Gasteiger partial charge in [-0.25, -0.2) is 0 Å². The van der Waals surface area contributed by atoms with E-state index in [1.807, 2.05) is 12.1 Å². The van der Waals surface area contributed by atoms with Gasteiger partial charge in [-0.05, 0) is 37.0 Å². The number of aromatic nitrogens is 3. The summed E-state index contributed by atoms with van der Waals surface area (Å²) in [4.78, 5) is 15.0. The molecule has 1 aliphatic rings. The van der Waals surface area contributed by atoms with Crippen LogP contribution in [-0.2, 0) is 6.42 Å². The van der Waals surface area contributed by atoms with Gasteiger partial charge in [0.2, 0.25) is 17.8 Å². The molecule has 2 heterocycles. The van der Waals surface area contributed by atoms with Gasteiger partial charge in [0.25, 0.3) is 0 Å². The summed E-state index contributed by atoms with van der Waals surface area (Å²) in [5.74, 6) is 1.41. The molecule has 0 radical (unpaired) electrons. The van der Waals surface area contributed by atoms with Crippen molar-refractivity contribution in [1.82, 2.24) is 15.0 Å². The van der Waals surface area contributed by atoms with Gasteiger partial charge in [-0.2, -0.15) is 15.0 Å². The standard InChI is InChI=1S/C15H20N6/c1-2-11-6-5-7-12(10-11)17-14-18-13(16)19-15(20-14)21-8-3-4-9-21/h5-7,10H,2-4,8-9H2,1H3,(H3,16,17,18,19,20). The highest BCUT2D eigenvalue weighted by molar-refractivity contribution is 5.56. The van der Waals surface area contributed by atoms with Gasteiger partial charge in [0, 0.05) is 18.8 Å². The van der Waals surface area contributed by atoms with Crippen LogP contribution in [-0.4, -0.2) is 28.0 Å². The third-order valence-corrected chi connectivity index (χ3v) is 3.62. The maximum atomic E-state index is 5.81. The Hall–Kier alpha value is -2.37. The number of benzene rings is 1. The summed E-state index contributed by atoms with van der Waals surface area (Å²) < 4.78 is 0. The fourth-order valence-electron chi connectivity index (χ4n) is 2.49. The number of aryl methyl sites for hydroxylation is 1. The molecule has 0 spiro atoms. The second-order valence-corrected chi connectivity index (χ2v) is 5.19. The van der Waals surface area contributed by atoms with Gasteiger partial charge in [0.15, 0.2) is 0 Å². The molecule has 1 fully saturated rings. The topological polar surface area (TPSA) is 80.0 Å². The largest absolute Gasteiger partial charge is 0.368 e. The van der Waals surface area contributed by atoms with Gasteiger partial charge in [-0.3, -0.25) is 0 Å². The summed E-state index contributed by atoms with van der Waals surface area (Å²) in [6.45, 7) is 4.09.